The summed E-state index contributed by atoms with van der Waals surface area (Å²) in [6, 6.07) is 11.0. The van der Waals surface area contributed by atoms with E-state index in [0.717, 1.165) is 24.5 Å². The number of non-ortho nitro benzene ring substituents is 1. The summed E-state index contributed by atoms with van der Waals surface area (Å²) in [5, 5.41) is 17.4. The van der Waals surface area contributed by atoms with E-state index in [9.17, 15) is 19.7 Å². The molecule has 2 N–H and O–H groups in total. The zero-order chi connectivity index (χ0) is 22.2. The van der Waals surface area contributed by atoms with Crippen molar-refractivity contribution in [3.8, 4) is 0 Å². The van der Waals surface area contributed by atoms with Crippen molar-refractivity contribution in [2.75, 3.05) is 25.1 Å². The molecule has 3 rings (SSSR count). The number of ether oxygens (including phenoxy) is 2. The van der Waals surface area contributed by atoms with Gasteiger partial charge in [0.05, 0.1) is 16.6 Å². The Morgan fingerprint density at radius 1 is 1.26 bits per heavy atom. The van der Waals surface area contributed by atoms with Crippen LogP contribution in [0.2, 0.25) is 5.02 Å². The second-order valence-corrected chi connectivity index (χ2v) is 7.35. The predicted molar refractivity (Wildman–Crippen MR) is 114 cm³/mol. The Morgan fingerprint density at radius 3 is 2.77 bits per heavy atom. The van der Waals surface area contributed by atoms with Crippen molar-refractivity contribution in [1.29, 1.82) is 0 Å². The molecule has 1 amide bonds. The Hall–Kier alpha value is -3.17. The van der Waals surface area contributed by atoms with Crippen molar-refractivity contribution in [2.24, 2.45) is 0 Å². The number of carbonyl (C=O) groups excluding carboxylic acids is 2. The Bertz CT molecular complexity index is 962. The summed E-state index contributed by atoms with van der Waals surface area (Å²) in [5.74, 6) is -1.32. The number of amides is 1. The molecular weight excluding hydrogens is 426 g/mol. The average molecular weight is 448 g/mol. The third-order valence-corrected chi connectivity index (χ3v) is 5.11. The molecule has 9 nitrogen and oxygen atoms in total. The standard InChI is InChI=1S/C21H22ClN3O6/c22-18-6-2-1-4-14(18)11-23-19-8-7-15(25(28)29)10-17(19)21(27)31-13-20(26)24-12-16-5-3-9-30-16/h1-2,4,6-8,10,16,23H,3,5,9,11-13H2,(H,24,26). The van der Waals surface area contributed by atoms with E-state index in [1.165, 1.54) is 12.1 Å². The minimum atomic E-state index is -0.849. The first kappa shape index (κ1) is 22.5. The average Bonchev–Trinajstić information content (AvgIpc) is 3.29. The number of carbonyl (C=O) groups is 2. The fourth-order valence-electron chi connectivity index (χ4n) is 3.09. The fourth-order valence-corrected chi connectivity index (χ4v) is 3.30. The number of hydrogen-bond donors (Lipinski definition) is 2. The lowest BCUT2D eigenvalue weighted by molar-refractivity contribution is -0.384. The monoisotopic (exact) mass is 447 g/mol. The van der Waals surface area contributed by atoms with Crippen molar-refractivity contribution < 1.29 is 24.0 Å². The van der Waals surface area contributed by atoms with Crippen LogP contribution in [0, 0.1) is 10.1 Å². The second-order valence-electron chi connectivity index (χ2n) is 6.95. The van der Waals surface area contributed by atoms with E-state index in [4.69, 9.17) is 21.1 Å². The molecule has 1 aliphatic heterocycles. The number of nitrogens with zero attached hydrogens (tertiary/aromatic N) is 1. The highest BCUT2D eigenvalue weighted by Crippen LogP contribution is 2.25. The largest absolute Gasteiger partial charge is 0.452 e. The SMILES string of the molecule is O=C(COC(=O)c1cc([N+](=O)[O-])ccc1NCc1ccccc1Cl)NCC1CCCO1. The van der Waals surface area contributed by atoms with Gasteiger partial charge in [0.1, 0.15) is 0 Å². The highest BCUT2D eigenvalue weighted by molar-refractivity contribution is 6.31. The summed E-state index contributed by atoms with van der Waals surface area (Å²) in [4.78, 5) is 35.0. The summed E-state index contributed by atoms with van der Waals surface area (Å²) in [6.07, 6.45) is 1.79. The van der Waals surface area contributed by atoms with Gasteiger partial charge in [-0.05, 0) is 30.5 Å². The van der Waals surface area contributed by atoms with Gasteiger partial charge in [-0.1, -0.05) is 29.8 Å². The maximum Gasteiger partial charge on any atom is 0.341 e. The Labute approximate surface area is 183 Å². The van der Waals surface area contributed by atoms with Gasteiger partial charge in [0.15, 0.2) is 6.61 Å². The number of nitrogens with one attached hydrogen (secondary N) is 2. The lowest BCUT2D eigenvalue weighted by Gasteiger charge is -2.13. The molecule has 0 radical (unpaired) electrons. The normalized spacial score (nSPS) is 15.3. The van der Waals surface area contributed by atoms with Gasteiger partial charge in [0.25, 0.3) is 11.6 Å². The number of halogens is 1. The van der Waals surface area contributed by atoms with E-state index in [2.05, 4.69) is 10.6 Å². The van der Waals surface area contributed by atoms with Crippen molar-refractivity contribution in [3.63, 3.8) is 0 Å². The summed E-state index contributed by atoms with van der Waals surface area (Å²) in [6.45, 7) is 0.807. The summed E-state index contributed by atoms with van der Waals surface area (Å²) < 4.78 is 10.5. The van der Waals surface area contributed by atoms with Crippen LogP contribution in [0.1, 0.15) is 28.8 Å². The molecule has 1 atom stereocenters. The van der Waals surface area contributed by atoms with Crippen LogP contribution in [0.15, 0.2) is 42.5 Å². The quantitative estimate of drug-likeness (QED) is 0.343. The van der Waals surface area contributed by atoms with Crippen LogP contribution in [0.4, 0.5) is 11.4 Å². The van der Waals surface area contributed by atoms with E-state index in [1.807, 2.05) is 12.1 Å². The molecule has 0 bridgehead atoms. The van der Waals surface area contributed by atoms with Crippen molar-refractivity contribution in [1.82, 2.24) is 5.32 Å². The van der Waals surface area contributed by atoms with Crippen LogP contribution in [0.25, 0.3) is 0 Å². The number of esters is 1. The molecule has 1 saturated heterocycles. The van der Waals surface area contributed by atoms with Gasteiger partial charge >= 0.3 is 5.97 Å². The van der Waals surface area contributed by atoms with Gasteiger partial charge in [-0.25, -0.2) is 4.79 Å². The van der Waals surface area contributed by atoms with E-state index in [-0.39, 0.29) is 17.4 Å². The van der Waals surface area contributed by atoms with Crippen LogP contribution in [0.5, 0.6) is 0 Å². The van der Waals surface area contributed by atoms with Gasteiger partial charge < -0.3 is 20.1 Å². The van der Waals surface area contributed by atoms with Gasteiger partial charge in [0.2, 0.25) is 0 Å². The molecule has 164 valence electrons. The third-order valence-electron chi connectivity index (χ3n) is 4.75. The maximum absolute atomic E-state index is 12.6. The minimum Gasteiger partial charge on any atom is -0.452 e. The van der Waals surface area contributed by atoms with Gasteiger partial charge in [-0.15, -0.1) is 0 Å². The highest BCUT2D eigenvalue weighted by Gasteiger charge is 2.20. The second kappa shape index (κ2) is 10.7. The number of nitro benzene ring substituents is 1. The lowest BCUT2D eigenvalue weighted by atomic mass is 10.1. The van der Waals surface area contributed by atoms with Gasteiger partial charge in [-0.2, -0.15) is 0 Å². The molecule has 2 aromatic carbocycles. The molecule has 10 heteroatoms. The topological polar surface area (TPSA) is 120 Å². The van der Waals surface area contributed by atoms with Crippen LogP contribution in [0.3, 0.4) is 0 Å². The Balaban J connectivity index is 1.64. The number of rotatable bonds is 9. The molecule has 0 saturated carbocycles. The molecule has 0 aliphatic carbocycles. The predicted octanol–water partition coefficient (Wildman–Crippen LogP) is 3.31. The highest BCUT2D eigenvalue weighted by atomic mass is 35.5. The van der Waals surface area contributed by atoms with Crippen molar-refractivity contribution in [3.05, 3.63) is 68.7 Å². The molecule has 2 aromatic rings. The molecule has 1 aliphatic rings. The lowest BCUT2D eigenvalue weighted by Crippen LogP contribution is -2.34. The van der Waals surface area contributed by atoms with Crippen molar-refractivity contribution >= 4 is 34.9 Å². The molecule has 1 fully saturated rings. The summed E-state index contributed by atoms with van der Waals surface area (Å²) in [5.41, 5.74) is 0.803. The number of hydrogen-bond acceptors (Lipinski definition) is 7. The molecular formula is C21H22ClN3O6. The van der Waals surface area contributed by atoms with Crippen LogP contribution in [-0.2, 0) is 20.8 Å². The number of benzene rings is 2. The zero-order valence-electron chi connectivity index (χ0n) is 16.6. The first-order valence-electron chi connectivity index (χ1n) is 9.75. The summed E-state index contributed by atoms with van der Waals surface area (Å²) in [7, 11) is 0. The molecule has 1 unspecified atom stereocenters. The van der Waals surface area contributed by atoms with Gasteiger partial charge in [-0.3, -0.25) is 14.9 Å². The first-order valence-corrected chi connectivity index (χ1v) is 10.1. The van der Waals surface area contributed by atoms with Crippen LogP contribution >= 0.6 is 11.6 Å². The Kier molecular flexibility index (Phi) is 7.80. The summed E-state index contributed by atoms with van der Waals surface area (Å²) >= 11 is 6.15. The fraction of sp³-hybridized carbons (Fsp3) is 0.333. The van der Waals surface area contributed by atoms with Crippen molar-refractivity contribution in [2.45, 2.75) is 25.5 Å². The van der Waals surface area contributed by atoms with Crippen LogP contribution < -0.4 is 10.6 Å². The zero-order valence-corrected chi connectivity index (χ0v) is 17.4. The minimum absolute atomic E-state index is 0.0305. The molecule has 0 spiro atoms. The molecule has 31 heavy (non-hydrogen) atoms. The van der Waals surface area contributed by atoms with Gasteiger partial charge in [0, 0.05) is 42.5 Å². The number of nitro groups is 1. The maximum atomic E-state index is 12.6. The van der Waals surface area contributed by atoms with Crippen LogP contribution in [-0.4, -0.2) is 42.7 Å². The number of anilines is 1. The third kappa shape index (κ3) is 6.40. The first-order chi connectivity index (χ1) is 14.9. The van der Waals surface area contributed by atoms with E-state index in [0.29, 0.717) is 30.4 Å². The molecule has 1 heterocycles. The van der Waals surface area contributed by atoms with E-state index >= 15 is 0 Å². The smallest absolute Gasteiger partial charge is 0.341 e. The van der Waals surface area contributed by atoms with E-state index < -0.39 is 23.4 Å². The van der Waals surface area contributed by atoms with E-state index in [1.54, 1.807) is 12.1 Å². The Morgan fingerprint density at radius 2 is 2.06 bits per heavy atom. The molecule has 0 aromatic heterocycles.